The first-order chi connectivity index (χ1) is 11.2. The van der Waals surface area contributed by atoms with Crippen molar-refractivity contribution in [3.05, 3.63) is 51.7 Å². The number of anilines is 2. The third kappa shape index (κ3) is 3.82. The van der Waals surface area contributed by atoms with Crippen LogP contribution in [0.1, 0.15) is 13.3 Å². The average Bonchev–Trinajstić information content (AvgIpc) is 2.55. The average molecular weight is 437 g/mol. The molecule has 1 N–H and O–H groups in total. The molecule has 0 saturated heterocycles. The molecule has 0 amide bonds. The molecular formula is C17H15Br2N3O. The summed E-state index contributed by atoms with van der Waals surface area (Å²) in [6, 6.07) is 11.8. The van der Waals surface area contributed by atoms with Crippen molar-refractivity contribution in [1.82, 2.24) is 9.97 Å². The number of halogens is 2. The summed E-state index contributed by atoms with van der Waals surface area (Å²) < 4.78 is 7.49. The fraction of sp³-hybridized carbons (Fsp3) is 0.176. The lowest BCUT2D eigenvalue weighted by Gasteiger charge is -2.10. The maximum atomic E-state index is 5.60. The van der Waals surface area contributed by atoms with Gasteiger partial charge in [-0.15, -0.1) is 0 Å². The largest absolute Gasteiger partial charge is 0.494 e. The highest BCUT2D eigenvalue weighted by Gasteiger charge is 2.08. The van der Waals surface area contributed by atoms with Crippen LogP contribution in [0.5, 0.6) is 5.75 Å². The fourth-order valence-corrected chi connectivity index (χ4v) is 3.51. The zero-order valence-corrected chi connectivity index (χ0v) is 15.7. The molecule has 0 radical (unpaired) electrons. The van der Waals surface area contributed by atoms with Crippen LogP contribution in [-0.2, 0) is 0 Å². The highest BCUT2D eigenvalue weighted by molar-refractivity contribution is 9.11. The molecule has 0 saturated carbocycles. The van der Waals surface area contributed by atoms with Crippen molar-refractivity contribution in [3.63, 3.8) is 0 Å². The van der Waals surface area contributed by atoms with Gasteiger partial charge in [-0.2, -0.15) is 0 Å². The van der Waals surface area contributed by atoms with E-state index in [1.165, 1.54) is 0 Å². The summed E-state index contributed by atoms with van der Waals surface area (Å²) in [6.07, 6.45) is 2.55. The molecule has 3 rings (SSSR count). The molecule has 0 unspecified atom stereocenters. The van der Waals surface area contributed by atoms with Crippen LogP contribution in [0.2, 0.25) is 0 Å². The summed E-state index contributed by atoms with van der Waals surface area (Å²) in [7, 11) is 0. The number of hydrogen-bond acceptors (Lipinski definition) is 4. The second kappa shape index (κ2) is 7.27. The lowest BCUT2D eigenvalue weighted by Crippen LogP contribution is -1.98. The lowest BCUT2D eigenvalue weighted by molar-refractivity contribution is 0.317. The molecule has 2 aromatic carbocycles. The maximum absolute atomic E-state index is 5.60. The second-order valence-corrected chi connectivity index (χ2v) is 6.77. The molecule has 0 fully saturated rings. The van der Waals surface area contributed by atoms with Gasteiger partial charge in [0.15, 0.2) is 0 Å². The van der Waals surface area contributed by atoms with E-state index in [4.69, 9.17) is 4.74 Å². The molecule has 0 aliphatic carbocycles. The van der Waals surface area contributed by atoms with E-state index in [0.29, 0.717) is 0 Å². The predicted molar refractivity (Wildman–Crippen MR) is 100 cm³/mol. The summed E-state index contributed by atoms with van der Waals surface area (Å²) in [6.45, 7) is 2.82. The van der Waals surface area contributed by atoms with Crippen LogP contribution in [0.4, 0.5) is 11.5 Å². The van der Waals surface area contributed by atoms with Crippen molar-refractivity contribution in [3.8, 4) is 5.75 Å². The van der Waals surface area contributed by atoms with Crippen LogP contribution in [0.15, 0.2) is 51.7 Å². The first-order valence-electron chi connectivity index (χ1n) is 7.27. The van der Waals surface area contributed by atoms with Crippen molar-refractivity contribution in [2.45, 2.75) is 13.3 Å². The number of fused-ring (bicyclic) bond motifs is 1. The summed E-state index contributed by atoms with van der Waals surface area (Å²) in [4.78, 5) is 8.69. The molecule has 1 aromatic heterocycles. The van der Waals surface area contributed by atoms with Crippen LogP contribution < -0.4 is 10.1 Å². The Balaban J connectivity index is 1.89. The van der Waals surface area contributed by atoms with Gasteiger partial charge in [0.2, 0.25) is 0 Å². The van der Waals surface area contributed by atoms with E-state index >= 15 is 0 Å². The SMILES string of the molecule is CCCOc1ccc(Nc2ncnc3c(Br)cc(Br)cc23)cc1. The van der Waals surface area contributed by atoms with Gasteiger partial charge in [0.05, 0.1) is 12.1 Å². The van der Waals surface area contributed by atoms with E-state index in [1.54, 1.807) is 6.33 Å². The summed E-state index contributed by atoms with van der Waals surface area (Å²) >= 11 is 7.04. The van der Waals surface area contributed by atoms with E-state index in [9.17, 15) is 0 Å². The highest BCUT2D eigenvalue weighted by atomic mass is 79.9. The Morgan fingerprint density at radius 3 is 2.61 bits per heavy atom. The Morgan fingerprint density at radius 2 is 1.87 bits per heavy atom. The molecule has 4 nitrogen and oxygen atoms in total. The molecule has 0 spiro atoms. The number of aromatic nitrogens is 2. The number of nitrogens with zero attached hydrogens (tertiary/aromatic N) is 2. The summed E-state index contributed by atoms with van der Waals surface area (Å²) in [5, 5.41) is 4.28. The normalized spacial score (nSPS) is 10.7. The molecule has 0 aliphatic rings. The van der Waals surface area contributed by atoms with Gasteiger partial charge in [0.25, 0.3) is 0 Å². The van der Waals surface area contributed by atoms with Gasteiger partial charge in [-0.3, -0.25) is 0 Å². The van der Waals surface area contributed by atoms with Crippen molar-refractivity contribution in [2.24, 2.45) is 0 Å². The van der Waals surface area contributed by atoms with Gasteiger partial charge in [0.1, 0.15) is 17.9 Å². The fourth-order valence-electron chi connectivity index (χ4n) is 2.18. The monoisotopic (exact) mass is 435 g/mol. The molecule has 1 heterocycles. The number of rotatable bonds is 5. The van der Waals surface area contributed by atoms with Crippen LogP contribution in [0.3, 0.4) is 0 Å². The molecule has 0 bridgehead atoms. The minimum atomic E-state index is 0.728. The van der Waals surface area contributed by atoms with E-state index in [0.717, 1.165) is 50.1 Å². The van der Waals surface area contributed by atoms with Crippen LogP contribution in [0.25, 0.3) is 10.9 Å². The number of hydrogen-bond donors (Lipinski definition) is 1. The Labute approximate surface area is 151 Å². The van der Waals surface area contributed by atoms with Gasteiger partial charge >= 0.3 is 0 Å². The first kappa shape index (κ1) is 16.2. The van der Waals surface area contributed by atoms with Crippen molar-refractivity contribution in [1.29, 1.82) is 0 Å². The van der Waals surface area contributed by atoms with E-state index in [-0.39, 0.29) is 0 Å². The molecule has 0 aliphatic heterocycles. The smallest absolute Gasteiger partial charge is 0.141 e. The maximum Gasteiger partial charge on any atom is 0.141 e. The minimum Gasteiger partial charge on any atom is -0.494 e. The van der Waals surface area contributed by atoms with E-state index < -0.39 is 0 Å². The van der Waals surface area contributed by atoms with Crippen LogP contribution in [-0.4, -0.2) is 16.6 Å². The first-order valence-corrected chi connectivity index (χ1v) is 8.85. The molecule has 23 heavy (non-hydrogen) atoms. The van der Waals surface area contributed by atoms with Gasteiger partial charge in [-0.1, -0.05) is 22.9 Å². The molecule has 3 aromatic rings. The van der Waals surface area contributed by atoms with Gasteiger partial charge < -0.3 is 10.1 Å². The Bertz CT molecular complexity index is 822. The second-order valence-electron chi connectivity index (χ2n) is 5.00. The minimum absolute atomic E-state index is 0.728. The lowest BCUT2D eigenvalue weighted by atomic mass is 10.2. The topological polar surface area (TPSA) is 47.0 Å². The van der Waals surface area contributed by atoms with Crippen molar-refractivity contribution >= 4 is 54.3 Å². The quantitative estimate of drug-likeness (QED) is 0.558. The zero-order valence-electron chi connectivity index (χ0n) is 12.5. The molecular weight excluding hydrogens is 422 g/mol. The Morgan fingerprint density at radius 1 is 1.09 bits per heavy atom. The summed E-state index contributed by atoms with van der Waals surface area (Å²) in [5.41, 5.74) is 1.82. The molecule has 6 heteroatoms. The van der Waals surface area contributed by atoms with Gasteiger partial charge in [-0.05, 0) is 58.7 Å². The van der Waals surface area contributed by atoms with Gasteiger partial charge in [0, 0.05) is 20.0 Å². The standard InChI is InChI=1S/C17H15Br2N3O/c1-2-7-23-13-5-3-12(4-6-13)22-17-14-8-11(18)9-15(19)16(14)20-10-21-17/h3-6,8-10H,2,7H2,1H3,(H,20,21,22). The van der Waals surface area contributed by atoms with Gasteiger partial charge in [-0.25, -0.2) is 9.97 Å². The Hall–Kier alpha value is -1.66. The predicted octanol–water partition coefficient (Wildman–Crippen LogP) is 5.69. The summed E-state index contributed by atoms with van der Waals surface area (Å²) in [5.74, 6) is 1.63. The Kier molecular flexibility index (Phi) is 5.13. The zero-order chi connectivity index (χ0) is 16.2. The third-order valence-corrected chi connectivity index (χ3v) is 4.31. The number of benzene rings is 2. The van der Waals surface area contributed by atoms with E-state index in [1.807, 2.05) is 36.4 Å². The molecule has 0 atom stereocenters. The van der Waals surface area contributed by atoms with Crippen LogP contribution >= 0.6 is 31.9 Å². The van der Waals surface area contributed by atoms with Crippen LogP contribution in [0, 0.1) is 0 Å². The third-order valence-electron chi connectivity index (χ3n) is 3.25. The van der Waals surface area contributed by atoms with E-state index in [2.05, 4.69) is 54.1 Å². The number of ether oxygens (including phenoxy) is 1. The van der Waals surface area contributed by atoms with Crippen molar-refractivity contribution < 1.29 is 4.74 Å². The van der Waals surface area contributed by atoms with Crippen molar-refractivity contribution in [2.75, 3.05) is 11.9 Å². The number of nitrogens with one attached hydrogen (secondary N) is 1. The highest BCUT2D eigenvalue weighted by Crippen LogP contribution is 2.31. The molecule has 118 valence electrons.